The highest BCUT2D eigenvalue weighted by Crippen LogP contribution is 2.31. The molecular weight excluding hydrogens is 262 g/mol. The second kappa shape index (κ2) is 5.25. The van der Waals surface area contributed by atoms with Gasteiger partial charge in [0.15, 0.2) is 11.3 Å². The van der Waals surface area contributed by atoms with Crippen molar-refractivity contribution >= 4 is 28.5 Å². The van der Waals surface area contributed by atoms with Crippen molar-refractivity contribution in [2.24, 2.45) is 5.92 Å². The smallest absolute Gasteiger partial charge is 0.289 e. The normalized spacial score (nSPS) is 11.3. The van der Waals surface area contributed by atoms with Crippen molar-refractivity contribution in [1.29, 1.82) is 0 Å². The SMILES string of the molecule is Cc1c(C(=O)N(C)CC(C)C)oc2c(Cl)cccc12. The van der Waals surface area contributed by atoms with Gasteiger partial charge in [0.1, 0.15) is 0 Å². The number of hydrogen-bond acceptors (Lipinski definition) is 2. The van der Waals surface area contributed by atoms with Gasteiger partial charge in [0.05, 0.1) is 5.02 Å². The molecule has 0 aliphatic heterocycles. The minimum absolute atomic E-state index is 0.0986. The Bertz CT molecular complexity index is 616. The highest BCUT2D eigenvalue weighted by molar-refractivity contribution is 6.35. The minimum Gasteiger partial charge on any atom is -0.449 e. The van der Waals surface area contributed by atoms with E-state index in [2.05, 4.69) is 13.8 Å². The van der Waals surface area contributed by atoms with Crippen LogP contribution in [0.2, 0.25) is 5.02 Å². The lowest BCUT2D eigenvalue weighted by atomic mass is 10.1. The number of hydrogen-bond donors (Lipinski definition) is 0. The summed E-state index contributed by atoms with van der Waals surface area (Å²) in [5, 5.41) is 1.43. The van der Waals surface area contributed by atoms with Crippen LogP contribution in [0.1, 0.15) is 30.0 Å². The van der Waals surface area contributed by atoms with Gasteiger partial charge in [-0.1, -0.05) is 37.6 Å². The quantitative estimate of drug-likeness (QED) is 0.847. The highest BCUT2D eigenvalue weighted by Gasteiger charge is 2.22. The van der Waals surface area contributed by atoms with Gasteiger partial charge in [-0.3, -0.25) is 4.79 Å². The third kappa shape index (κ3) is 2.61. The molecule has 0 radical (unpaired) electrons. The number of fused-ring (bicyclic) bond motifs is 1. The number of para-hydroxylation sites is 1. The van der Waals surface area contributed by atoms with Crippen molar-refractivity contribution < 1.29 is 9.21 Å². The second-order valence-corrected chi connectivity index (χ2v) is 5.66. The van der Waals surface area contributed by atoms with Crippen LogP contribution in [0.3, 0.4) is 0 Å². The Balaban J connectivity index is 2.43. The molecule has 2 rings (SSSR count). The number of nitrogens with zero attached hydrogens (tertiary/aromatic N) is 1. The summed E-state index contributed by atoms with van der Waals surface area (Å²) >= 11 is 6.09. The van der Waals surface area contributed by atoms with E-state index in [-0.39, 0.29) is 5.91 Å². The van der Waals surface area contributed by atoms with Crippen molar-refractivity contribution in [1.82, 2.24) is 4.90 Å². The van der Waals surface area contributed by atoms with E-state index in [0.29, 0.717) is 28.8 Å². The molecule has 1 amide bonds. The Morgan fingerprint density at radius 2 is 2.11 bits per heavy atom. The molecule has 1 aromatic carbocycles. The van der Waals surface area contributed by atoms with Gasteiger partial charge < -0.3 is 9.32 Å². The van der Waals surface area contributed by atoms with Crippen LogP contribution in [0.15, 0.2) is 22.6 Å². The van der Waals surface area contributed by atoms with E-state index in [9.17, 15) is 4.79 Å². The standard InChI is InChI=1S/C15H18ClNO2/c1-9(2)8-17(4)15(18)13-10(3)11-6-5-7-12(16)14(11)19-13/h5-7,9H,8H2,1-4H3. The topological polar surface area (TPSA) is 33.5 Å². The molecule has 0 bridgehead atoms. The molecule has 0 saturated heterocycles. The minimum atomic E-state index is -0.0986. The summed E-state index contributed by atoms with van der Waals surface area (Å²) in [6.45, 7) is 6.74. The van der Waals surface area contributed by atoms with E-state index in [0.717, 1.165) is 10.9 Å². The average molecular weight is 280 g/mol. The fourth-order valence-corrected chi connectivity index (χ4v) is 2.43. The fraction of sp³-hybridized carbons (Fsp3) is 0.400. The first-order valence-corrected chi connectivity index (χ1v) is 6.72. The highest BCUT2D eigenvalue weighted by atomic mass is 35.5. The number of carbonyl (C=O) groups excluding carboxylic acids is 1. The summed E-state index contributed by atoms with van der Waals surface area (Å²) in [6.07, 6.45) is 0. The van der Waals surface area contributed by atoms with Crippen molar-refractivity contribution in [3.8, 4) is 0 Å². The maximum Gasteiger partial charge on any atom is 0.289 e. The maximum absolute atomic E-state index is 12.4. The molecule has 0 fully saturated rings. The zero-order chi connectivity index (χ0) is 14.2. The summed E-state index contributed by atoms with van der Waals surface area (Å²) in [6, 6.07) is 5.54. The Labute approximate surface area is 118 Å². The van der Waals surface area contributed by atoms with Crippen LogP contribution in [-0.4, -0.2) is 24.4 Å². The molecule has 102 valence electrons. The molecule has 0 aliphatic carbocycles. The predicted molar refractivity (Wildman–Crippen MR) is 77.8 cm³/mol. The number of aryl methyl sites for hydroxylation is 1. The number of halogens is 1. The van der Waals surface area contributed by atoms with Crippen LogP contribution >= 0.6 is 11.6 Å². The Hall–Kier alpha value is -1.48. The van der Waals surface area contributed by atoms with Gasteiger partial charge in [-0.05, 0) is 18.9 Å². The van der Waals surface area contributed by atoms with E-state index >= 15 is 0 Å². The van der Waals surface area contributed by atoms with Gasteiger partial charge in [-0.2, -0.15) is 0 Å². The number of furan rings is 1. The molecule has 3 nitrogen and oxygen atoms in total. The van der Waals surface area contributed by atoms with Gasteiger partial charge in [0.2, 0.25) is 0 Å². The van der Waals surface area contributed by atoms with Crippen LogP contribution in [0.25, 0.3) is 11.0 Å². The molecule has 0 aliphatic rings. The van der Waals surface area contributed by atoms with Gasteiger partial charge in [-0.25, -0.2) is 0 Å². The number of carbonyl (C=O) groups is 1. The first-order valence-electron chi connectivity index (χ1n) is 6.35. The van der Waals surface area contributed by atoms with E-state index in [1.54, 1.807) is 18.0 Å². The van der Waals surface area contributed by atoms with E-state index < -0.39 is 0 Å². The Morgan fingerprint density at radius 1 is 1.42 bits per heavy atom. The van der Waals surface area contributed by atoms with Crippen LogP contribution in [0.4, 0.5) is 0 Å². The fourth-order valence-electron chi connectivity index (χ4n) is 2.22. The number of rotatable bonds is 3. The molecule has 0 spiro atoms. The number of benzene rings is 1. The molecule has 0 N–H and O–H groups in total. The van der Waals surface area contributed by atoms with Crippen molar-refractivity contribution in [2.45, 2.75) is 20.8 Å². The summed E-state index contributed by atoms with van der Waals surface area (Å²) in [5.74, 6) is 0.701. The Morgan fingerprint density at radius 3 is 2.68 bits per heavy atom. The first-order chi connectivity index (χ1) is 8.91. The zero-order valence-electron chi connectivity index (χ0n) is 11.7. The largest absolute Gasteiger partial charge is 0.449 e. The maximum atomic E-state index is 12.4. The van der Waals surface area contributed by atoms with E-state index in [1.165, 1.54) is 0 Å². The lowest BCUT2D eigenvalue weighted by molar-refractivity contribution is 0.0749. The van der Waals surface area contributed by atoms with E-state index in [1.807, 2.05) is 19.1 Å². The van der Waals surface area contributed by atoms with Crippen LogP contribution < -0.4 is 0 Å². The molecule has 4 heteroatoms. The van der Waals surface area contributed by atoms with Gasteiger partial charge in [0, 0.05) is 24.5 Å². The first kappa shape index (κ1) is 13.9. The summed E-state index contributed by atoms with van der Waals surface area (Å²) < 4.78 is 5.67. The molecule has 0 unspecified atom stereocenters. The second-order valence-electron chi connectivity index (χ2n) is 5.25. The predicted octanol–water partition coefficient (Wildman–Crippen LogP) is 4.12. The molecule has 0 atom stereocenters. The lowest BCUT2D eigenvalue weighted by Crippen LogP contribution is -2.30. The van der Waals surface area contributed by atoms with Crippen molar-refractivity contribution in [3.63, 3.8) is 0 Å². The summed E-state index contributed by atoms with van der Waals surface area (Å²) in [5.41, 5.74) is 1.43. The summed E-state index contributed by atoms with van der Waals surface area (Å²) in [4.78, 5) is 14.1. The van der Waals surface area contributed by atoms with Crippen LogP contribution in [0.5, 0.6) is 0 Å². The average Bonchev–Trinajstić information content (AvgIpc) is 2.67. The third-order valence-electron chi connectivity index (χ3n) is 3.10. The summed E-state index contributed by atoms with van der Waals surface area (Å²) in [7, 11) is 1.79. The monoisotopic (exact) mass is 279 g/mol. The van der Waals surface area contributed by atoms with Crippen LogP contribution in [-0.2, 0) is 0 Å². The van der Waals surface area contributed by atoms with Gasteiger partial charge in [0.25, 0.3) is 5.91 Å². The molecule has 0 saturated carbocycles. The van der Waals surface area contributed by atoms with Crippen molar-refractivity contribution in [3.05, 3.63) is 34.5 Å². The van der Waals surface area contributed by atoms with E-state index in [4.69, 9.17) is 16.0 Å². The Kier molecular flexibility index (Phi) is 3.85. The molecule has 1 heterocycles. The molecule has 19 heavy (non-hydrogen) atoms. The van der Waals surface area contributed by atoms with Crippen molar-refractivity contribution in [2.75, 3.05) is 13.6 Å². The van der Waals surface area contributed by atoms with Gasteiger partial charge in [-0.15, -0.1) is 0 Å². The number of amides is 1. The zero-order valence-corrected chi connectivity index (χ0v) is 12.4. The lowest BCUT2D eigenvalue weighted by Gasteiger charge is -2.18. The third-order valence-corrected chi connectivity index (χ3v) is 3.39. The molecule has 2 aromatic rings. The van der Waals surface area contributed by atoms with Gasteiger partial charge >= 0.3 is 0 Å². The molecular formula is C15H18ClNO2. The van der Waals surface area contributed by atoms with Crippen LogP contribution in [0, 0.1) is 12.8 Å². The molecule has 1 aromatic heterocycles.